The van der Waals surface area contributed by atoms with Crippen LogP contribution in [-0.4, -0.2) is 73.5 Å². The zero-order valence-electron chi connectivity index (χ0n) is 19.5. The second kappa shape index (κ2) is 9.96. The molecule has 2 aliphatic heterocycles. The molecule has 0 spiro atoms. The predicted octanol–water partition coefficient (Wildman–Crippen LogP) is 1.81. The second-order valence-electron chi connectivity index (χ2n) is 8.73. The topological polar surface area (TPSA) is 117 Å². The van der Waals surface area contributed by atoms with Gasteiger partial charge in [-0.2, -0.15) is 4.68 Å². The quantitative estimate of drug-likeness (QED) is 0.560. The molecule has 11 heteroatoms. The van der Waals surface area contributed by atoms with Gasteiger partial charge in [-0.1, -0.05) is 23.9 Å². The van der Waals surface area contributed by atoms with Crippen LogP contribution in [-0.2, 0) is 6.54 Å². The van der Waals surface area contributed by atoms with Gasteiger partial charge in [0.05, 0.1) is 11.7 Å². The van der Waals surface area contributed by atoms with E-state index in [0.717, 1.165) is 30.8 Å². The molecular formula is C24H26N8O2S. The van der Waals surface area contributed by atoms with E-state index in [-0.39, 0.29) is 17.9 Å². The average Bonchev–Trinajstić information content (AvgIpc) is 3.47. The Labute approximate surface area is 207 Å². The molecule has 0 aliphatic carbocycles. The molecule has 1 aromatic heterocycles. The third-order valence-electron chi connectivity index (χ3n) is 6.14. The van der Waals surface area contributed by atoms with Crippen molar-refractivity contribution >= 4 is 28.7 Å². The molecule has 2 atom stereocenters. The molecule has 1 fully saturated rings. The lowest BCUT2D eigenvalue weighted by Gasteiger charge is -2.29. The van der Waals surface area contributed by atoms with E-state index in [1.54, 1.807) is 59.8 Å². The molecule has 1 saturated heterocycles. The van der Waals surface area contributed by atoms with Crippen molar-refractivity contribution < 1.29 is 9.59 Å². The van der Waals surface area contributed by atoms with E-state index in [4.69, 9.17) is 4.99 Å². The average molecular weight is 491 g/mol. The first-order valence-corrected chi connectivity index (χ1v) is 12.3. The van der Waals surface area contributed by atoms with Crippen molar-refractivity contribution in [1.29, 1.82) is 0 Å². The predicted molar refractivity (Wildman–Crippen MR) is 134 cm³/mol. The molecule has 0 saturated carbocycles. The maximum absolute atomic E-state index is 12.8. The minimum atomic E-state index is -0.205. The molecule has 2 amide bonds. The van der Waals surface area contributed by atoms with Crippen molar-refractivity contribution in [1.82, 2.24) is 35.7 Å². The Kier molecular flexibility index (Phi) is 6.60. The van der Waals surface area contributed by atoms with Gasteiger partial charge in [-0.25, -0.2) is 0 Å². The van der Waals surface area contributed by atoms with Crippen LogP contribution >= 0.6 is 11.8 Å². The number of hydrogen-bond donors (Lipinski definition) is 2. The van der Waals surface area contributed by atoms with Crippen molar-refractivity contribution in [3.63, 3.8) is 0 Å². The summed E-state index contributed by atoms with van der Waals surface area (Å²) in [7, 11) is 2.12. The zero-order chi connectivity index (χ0) is 24.4. The van der Waals surface area contributed by atoms with Crippen molar-refractivity contribution in [3.05, 3.63) is 71.0 Å². The van der Waals surface area contributed by atoms with Crippen molar-refractivity contribution in [3.8, 4) is 5.69 Å². The fourth-order valence-corrected chi connectivity index (χ4v) is 5.53. The van der Waals surface area contributed by atoms with E-state index in [2.05, 4.69) is 38.1 Å². The van der Waals surface area contributed by atoms with E-state index in [1.165, 1.54) is 0 Å². The van der Waals surface area contributed by atoms with Gasteiger partial charge in [-0.3, -0.25) is 14.6 Å². The molecule has 35 heavy (non-hydrogen) atoms. The highest BCUT2D eigenvalue weighted by molar-refractivity contribution is 8.14. The SMILES string of the molecule is Cc1nnnn1-c1ccc(C(=O)NCc2cccc(C(=O)NC3=NC4CCN(C)CC4S3)c2)cc1. The van der Waals surface area contributed by atoms with Crippen LogP contribution in [0.1, 0.15) is 38.5 Å². The van der Waals surface area contributed by atoms with Crippen LogP contribution in [0.2, 0.25) is 0 Å². The van der Waals surface area contributed by atoms with Gasteiger partial charge in [0.15, 0.2) is 11.0 Å². The standard InChI is InChI=1S/C24H26N8O2S/c1-15-28-29-30-32(15)19-8-6-17(7-9-19)22(33)25-13-16-4-3-5-18(12-16)23(34)27-24-26-20-10-11-31(2)14-21(20)35-24/h3-9,12,20-21H,10-11,13-14H2,1-2H3,(H,25,33)(H,26,27,34). The molecule has 2 unspecified atom stereocenters. The van der Waals surface area contributed by atoms with Crippen LogP contribution in [0.15, 0.2) is 53.5 Å². The van der Waals surface area contributed by atoms with Gasteiger partial charge in [-0.15, -0.1) is 5.10 Å². The molecule has 3 heterocycles. The summed E-state index contributed by atoms with van der Waals surface area (Å²) in [5.74, 6) is 0.268. The summed E-state index contributed by atoms with van der Waals surface area (Å²) in [6, 6.07) is 14.6. The lowest BCUT2D eigenvalue weighted by molar-refractivity contribution is 0.0949. The van der Waals surface area contributed by atoms with Gasteiger partial charge in [0.2, 0.25) is 0 Å². The summed E-state index contributed by atoms with van der Waals surface area (Å²) in [6.07, 6.45) is 1.02. The summed E-state index contributed by atoms with van der Waals surface area (Å²) in [5.41, 5.74) is 2.67. The molecule has 3 aromatic rings. The Morgan fingerprint density at radius 3 is 2.71 bits per heavy atom. The van der Waals surface area contributed by atoms with Crippen LogP contribution in [0.4, 0.5) is 0 Å². The normalized spacial score (nSPS) is 19.7. The highest BCUT2D eigenvalue weighted by Crippen LogP contribution is 2.31. The van der Waals surface area contributed by atoms with Gasteiger partial charge in [-0.05, 0) is 79.3 Å². The number of hydrogen-bond acceptors (Lipinski definition) is 8. The molecule has 2 aromatic carbocycles. The number of carbonyl (C=O) groups excluding carboxylic acids is 2. The second-order valence-corrected chi connectivity index (χ2v) is 9.96. The number of amides is 2. The first kappa shape index (κ1) is 23.2. The number of aryl methyl sites for hydroxylation is 1. The first-order valence-electron chi connectivity index (χ1n) is 11.4. The van der Waals surface area contributed by atoms with Crippen molar-refractivity contribution in [2.24, 2.45) is 4.99 Å². The van der Waals surface area contributed by atoms with Crippen LogP contribution in [0.5, 0.6) is 0 Å². The van der Waals surface area contributed by atoms with Gasteiger partial charge in [0.25, 0.3) is 11.8 Å². The summed E-state index contributed by atoms with van der Waals surface area (Å²) in [6.45, 7) is 4.12. The fourth-order valence-electron chi connectivity index (χ4n) is 4.21. The van der Waals surface area contributed by atoms with Crippen LogP contribution in [0.25, 0.3) is 5.69 Å². The van der Waals surface area contributed by atoms with Gasteiger partial charge in [0, 0.05) is 29.5 Å². The Balaban J connectivity index is 1.17. The number of aliphatic imine (C=N–C) groups is 1. The smallest absolute Gasteiger partial charge is 0.257 e. The van der Waals surface area contributed by atoms with Crippen LogP contribution in [0.3, 0.4) is 0 Å². The van der Waals surface area contributed by atoms with Crippen molar-refractivity contribution in [2.45, 2.75) is 31.2 Å². The molecule has 0 radical (unpaired) electrons. The van der Waals surface area contributed by atoms with Gasteiger partial charge in [0.1, 0.15) is 0 Å². The lowest BCUT2D eigenvalue weighted by atomic mass is 10.1. The number of likely N-dealkylation sites (tertiary alicyclic amines) is 1. The molecule has 10 nitrogen and oxygen atoms in total. The molecule has 180 valence electrons. The minimum absolute atomic E-state index is 0.190. The summed E-state index contributed by atoms with van der Waals surface area (Å²) in [5, 5.41) is 18.4. The highest BCUT2D eigenvalue weighted by Gasteiger charge is 2.34. The van der Waals surface area contributed by atoms with Crippen LogP contribution in [0, 0.1) is 6.92 Å². The molecule has 2 aliphatic rings. The number of thioether (sulfide) groups is 1. The number of piperidine rings is 1. The first-order chi connectivity index (χ1) is 17.0. The van der Waals surface area contributed by atoms with Gasteiger partial charge >= 0.3 is 0 Å². The van der Waals surface area contributed by atoms with E-state index in [0.29, 0.717) is 33.9 Å². The number of aromatic nitrogens is 4. The summed E-state index contributed by atoms with van der Waals surface area (Å²) < 4.78 is 1.60. The third-order valence-corrected chi connectivity index (χ3v) is 7.33. The number of nitrogens with zero attached hydrogens (tertiary/aromatic N) is 6. The number of tetrazole rings is 1. The maximum Gasteiger partial charge on any atom is 0.257 e. The molecule has 0 bridgehead atoms. The van der Waals surface area contributed by atoms with E-state index in [1.807, 2.05) is 12.1 Å². The highest BCUT2D eigenvalue weighted by atomic mass is 32.2. The number of benzene rings is 2. The summed E-state index contributed by atoms with van der Waals surface area (Å²) >= 11 is 1.65. The number of rotatable bonds is 5. The van der Waals surface area contributed by atoms with E-state index >= 15 is 0 Å². The lowest BCUT2D eigenvalue weighted by Crippen LogP contribution is -2.40. The monoisotopic (exact) mass is 490 g/mol. The van der Waals surface area contributed by atoms with E-state index < -0.39 is 0 Å². The fraction of sp³-hybridized carbons (Fsp3) is 0.333. The Morgan fingerprint density at radius 2 is 1.94 bits per heavy atom. The van der Waals surface area contributed by atoms with Gasteiger partial charge < -0.3 is 15.5 Å². The molecule has 2 N–H and O–H groups in total. The van der Waals surface area contributed by atoms with E-state index in [9.17, 15) is 9.59 Å². The number of nitrogens with one attached hydrogen (secondary N) is 2. The Morgan fingerprint density at radius 1 is 1.11 bits per heavy atom. The number of fused-ring (bicyclic) bond motifs is 1. The van der Waals surface area contributed by atoms with Crippen LogP contribution < -0.4 is 10.6 Å². The Bertz CT molecular complexity index is 1270. The van der Waals surface area contributed by atoms with Crippen molar-refractivity contribution in [2.75, 3.05) is 20.1 Å². The number of carbonyl (C=O) groups is 2. The molecule has 5 rings (SSSR count). The number of amidine groups is 1. The third kappa shape index (κ3) is 5.25. The maximum atomic E-state index is 12.8. The minimum Gasteiger partial charge on any atom is -0.348 e. The largest absolute Gasteiger partial charge is 0.348 e. The summed E-state index contributed by atoms with van der Waals surface area (Å²) in [4.78, 5) is 32.4. The Hall–Kier alpha value is -3.57. The molecular weight excluding hydrogens is 464 g/mol. The zero-order valence-corrected chi connectivity index (χ0v) is 20.3.